The maximum absolute atomic E-state index is 13.7. The van der Waals surface area contributed by atoms with Crippen LogP contribution in [0.25, 0.3) is 0 Å². The summed E-state index contributed by atoms with van der Waals surface area (Å²) in [6.45, 7) is 10.5. The van der Waals surface area contributed by atoms with Crippen molar-refractivity contribution < 1.29 is 24.2 Å². The summed E-state index contributed by atoms with van der Waals surface area (Å²) in [5, 5.41) is 10.6. The topological polar surface area (TPSA) is 80.7 Å². The van der Waals surface area contributed by atoms with Crippen LogP contribution in [-0.4, -0.2) is 28.2 Å². The number of esters is 1. The normalized spacial score (nSPS) is 39.7. The summed E-state index contributed by atoms with van der Waals surface area (Å²) in [5.74, 6) is -2.28. The molecule has 0 saturated heterocycles. The van der Waals surface area contributed by atoms with Gasteiger partial charge in [0, 0.05) is 16.6 Å². The maximum atomic E-state index is 13.7. The minimum atomic E-state index is -1.59. The Kier molecular flexibility index (Phi) is 3.62. The van der Waals surface area contributed by atoms with Gasteiger partial charge in [-0.25, -0.2) is 4.79 Å². The van der Waals surface area contributed by atoms with Crippen molar-refractivity contribution in [1.82, 2.24) is 0 Å². The van der Waals surface area contributed by atoms with Crippen molar-refractivity contribution in [3.63, 3.8) is 0 Å². The molecule has 0 amide bonds. The van der Waals surface area contributed by atoms with E-state index in [9.17, 15) is 19.5 Å². The number of aliphatic hydroxyl groups excluding tert-OH is 1. The predicted molar refractivity (Wildman–Crippen MR) is 91.7 cm³/mol. The van der Waals surface area contributed by atoms with Gasteiger partial charge < -0.3 is 9.84 Å². The molecule has 1 spiro atoms. The minimum absolute atomic E-state index is 0.164. The third-order valence-electron chi connectivity index (χ3n) is 7.16. The van der Waals surface area contributed by atoms with Crippen molar-refractivity contribution in [1.29, 1.82) is 0 Å². The molecule has 25 heavy (non-hydrogen) atoms. The van der Waals surface area contributed by atoms with Gasteiger partial charge in [0.2, 0.25) is 11.4 Å². The van der Waals surface area contributed by atoms with Gasteiger partial charge in [-0.05, 0) is 45.4 Å². The fourth-order valence-corrected chi connectivity index (χ4v) is 5.62. The number of Topliss-reactive ketones (excluding diaryl/α,β-unsaturated/α-hetero) is 2. The van der Waals surface area contributed by atoms with E-state index >= 15 is 0 Å². The van der Waals surface area contributed by atoms with Crippen LogP contribution in [0.1, 0.15) is 54.4 Å². The largest absolute Gasteiger partial charge is 0.504 e. The lowest BCUT2D eigenvalue weighted by Gasteiger charge is -2.43. The second-order valence-corrected chi connectivity index (χ2v) is 8.30. The van der Waals surface area contributed by atoms with Crippen LogP contribution in [0, 0.1) is 22.7 Å². The Hall–Kier alpha value is -1.91. The average Bonchev–Trinajstić information content (AvgIpc) is 2.97. The molecular formula is C20H26O5. The zero-order valence-electron chi connectivity index (χ0n) is 15.7. The van der Waals surface area contributed by atoms with E-state index in [4.69, 9.17) is 4.74 Å². The molecule has 2 bridgehead atoms. The standard InChI is InChI=1S/C20H26O5/c1-7-10(2)16(23)25-20-12(4)14(21)15(22)19(17(20)24)11(3)8-9-13(19)18(20,5)6/h7,11,13,21H,8-9H2,1-6H3. The van der Waals surface area contributed by atoms with Crippen molar-refractivity contribution in [2.24, 2.45) is 22.7 Å². The maximum Gasteiger partial charge on any atom is 0.334 e. The van der Waals surface area contributed by atoms with Gasteiger partial charge in [-0.15, -0.1) is 0 Å². The molecule has 5 heteroatoms. The van der Waals surface area contributed by atoms with Crippen molar-refractivity contribution in [2.45, 2.75) is 60.0 Å². The third kappa shape index (κ3) is 1.67. The SMILES string of the molecule is CC=C(C)C(=O)OC12C(=O)C3(C(=O)C(O)=C1C)C(C)CCC3C2(C)C. The number of rotatable bonds is 2. The number of allylic oxidation sites excluding steroid dienone is 2. The second-order valence-electron chi connectivity index (χ2n) is 8.30. The van der Waals surface area contributed by atoms with Gasteiger partial charge in [-0.3, -0.25) is 9.59 Å². The zero-order chi connectivity index (χ0) is 18.9. The first kappa shape index (κ1) is 17.9. The molecule has 0 aromatic rings. The van der Waals surface area contributed by atoms with E-state index in [0.717, 1.165) is 6.42 Å². The molecule has 0 aromatic heterocycles. The van der Waals surface area contributed by atoms with Crippen LogP contribution < -0.4 is 0 Å². The molecular weight excluding hydrogens is 320 g/mol. The number of hydrogen-bond donors (Lipinski definition) is 1. The lowest BCUT2D eigenvalue weighted by molar-refractivity contribution is -0.171. The highest BCUT2D eigenvalue weighted by molar-refractivity contribution is 6.23. The van der Waals surface area contributed by atoms with E-state index in [2.05, 4.69) is 0 Å². The molecule has 0 radical (unpaired) electrons. The first-order chi connectivity index (χ1) is 11.5. The summed E-state index contributed by atoms with van der Waals surface area (Å²) < 4.78 is 5.83. The molecule has 0 aliphatic heterocycles. The average molecular weight is 346 g/mol. The molecule has 3 aliphatic rings. The molecule has 3 rings (SSSR count). The lowest BCUT2D eigenvalue weighted by Crippen LogP contribution is -2.58. The monoisotopic (exact) mass is 346 g/mol. The van der Waals surface area contributed by atoms with Crippen LogP contribution >= 0.6 is 0 Å². The van der Waals surface area contributed by atoms with Crippen LogP contribution in [-0.2, 0) is 19.1 Å². The van der Waals surface area contributed by atoms with Crippen molar-refractivity contribution >= 4 is 17.5 Å². The van der Waals surface area contributed by atoms with Crippen molar-refractivity contribution in [3.8, 4) is 0 Å². The molecule has 0 aromatic carbocycles. The smallest absolute Gasteiger partial charge is 0.334 e. The molecule has 4 unspecified atom stereocenters. The minimum Gasteiger partial charge on any atom is -0.504 e. The van der Waals surface area contributed by atoms with Crippen LogP contribution in [0.4, 0.5) is 0 Å². The molecule has 136 valence electrons. The number of carbonyl (C=O) groups is 3. The van der Waals surface area contributed by atoms with E-state index in [-0.39, 0.29) is 23.2 Å². The Morgan fingerprint density at radius 1 is 1.28 bits per heavy atom. The number of fused-ring (bicyclic) bond motifs is 1. The molecule has 1 N–H and O–H groups in total. The summed E-state index contributed by atoms with van der Waals surface area (Å²) in [4.78, 5) is 39.3. The van der Waals surface area contributed by atoms with Crippen LogP contribution in [0.15, 0.2) is 23.0 Å². The highest BCUT2D eigenvalue weighted by atomic mass is 16.6. The fourth-order valence-electron chi connectivity index (χ4n) is 5.62. The summed E-state index contributed by atoms with van der Waals surface area (Å²) in [6, 6.07) is 0. The third-order valence-corrected chi connectivity index (χ3v) is 7.16. The van der Waals surface area contributed by atoms with E-state index in [1.54, 1.807) is 19.9 Å². The number of ketones is 2. The summed E-state index contributed by atoms with van der Waals surface area (Å²) in [6.07, 6.45) is 3.07. The van der Waals surface area contributed by atoms with Gasteiger partial charge in [0.15, 0.2) is 11.5 Å². The number of ether oxygens (including phenoxy) is 1. The lowest BCUT2D eigenvalue weighted by atomic mass is 9.65. The first-order valence-electron chi connectivity index (χ1n) is 8.87. The fraction of sp³-hybridized carbons (Fsp3) is 0.650. The van der Waals surface area contributed by atoms with Gasteiger partial charge in [-0.1, -0.05) is 26.8 Å². The number of carbonyl (C=O) groups excluding carboxylic acids is 3. The van der Waals surface area contributed by atoms with E-state index in [0.29, 0.717) is 12.0 Å². The van der Waals surface area contributed by atoms with Crippen molar-refractivity contribution in [2.75, 3.05) is 0 Å². The Morgan fingerprint density at radius 2 is 1.88 bits per heavy atom. The highest BCUT2D eigenvalue weighted by Gasteiger charge is 2.82. The zero-order valence-corrected chi connectivity index (χ0v) is 15.7. The summed E-state index contributed by atoms with van der Waals surface area (Å²) >= 11 is 0. The Morgan fingerprint density at radius 3 is 2.44 bits per heavy atom. The molecule has 2 fully saturated rings. The van der Waals surface area contributed by atoms with Gasteiger partial charge in [0.05, 0.1) is 0 Å². The van der Waals surface area contributed by atoms with Gasteiger partial charge in [0.1, 0.15) is 5.41 Å². The Balaban J connectivity index is 2.31. The molecule has 5 nitrogen and oxygen atoms in total. The van der Waals surface area contributed by atoms with Crippen LogP contribution in [0.5, 0.6) is 0 Å². The highest BCUT2D eigenvalue weighted by Crippen LogP contribution is 2.71. The Bertz CT molecular complexity index is 756. The first-order valence-corrected chi connectivity index (χ1v) is 8.87. The molecule has 4 atom stereocenters. The summed E-state index contributed by atoms with van der Waals surface area (Å²) in [7, 11) is 0. The summed E-state index contributed by atoms with van der Waals surface area (Å²) in [5.41, 5.74) is -3.09. The number of aliphatic hydroxyl groups is 1. The number of hydrogen-bond acceptors (Lipinski definition) is 5. The molecule has 0 heterocycles. The Labute approximate surface area is 148 Å². The van der Waals surface area contributed by atoms with Gasteiger partial charge in [-0.2, -0.15) is 0 Å². The van der Waals surface area contributed by atoms with Crippen molar-refractivity contribution in [3.05, 3.63) is 23.0 Å². The van der Waals surface area contributed by atoms with Gasteiger partial charge >= 0.3 is 5.97 Å². The van der Waals surface area contributed by atoms with E-state index in [1.807, 2.05) is 20.8 Å². The van der Waals surface area contributed by atoms with Gasteiger partial charge in [0.25, 0.3) is 0 Å². The van der Waals surface area contributed by atoms with Crippen LogP contribution in [0.2, 0.25) is 0 Å². The predicted octanol–water partition coefficient (Wildman–Crippen LogP) is 3.29. The quantitative estimate of drug-likeness (QED) is 0.471. The van der Waals surface area contributed by atoms with Crippen LogP contribution in [0.3, 0.4) is 0 Å². The van der Waals surface area contributed by atoms with E-state index in [1.165, 1.54) is 6.92 Å². The molecule has 3 aliphatic carbocycles. The van der Waals surface area contributed by atoms with E-state index < -0.39 is 33.9 Å². The molecule has 2 saturated carbocycles. The second kappa shape index (κ2) is 5.05.